The van der Waals surface area contributed by atoms with Crippen LogP contribution in [0.4, 0.5) is 11.4 Å². The fourth-order valence-corrected chi connectivity index (χ4v) is 2.89. The number of nitrogens with one attached hydrogen (secondary N) is 2. The smallest absolute Gasteiger partial charge is 0.273 e. The number of hydrogen-bond donors (Lipinski definition) is 2. The number of nitrogens with zero attached hydrogens (tertiary/aromatic N) is 4. The Morgan fingerprint density at radius 3 is 2.59 bits per heavy atom. The molecule has 2 amide bonds. The molecule has 0 spiro atoms. The van der Waals surface area contributed by atoms with Gasteiger partial charge >= 0.3 is 0 Å². The average Bonchev–Trinajstić information content (AvgIpc) is 3.21. The van der Waals surface area contributed by atoms with Crippen molar-refractivity contribution in [3.63, 3.8) is 0 Å². The molecular weight excluding hydrogens is 412 g/mol. The standard InChI is InChI=1S/C18H19BrN6O2/c1-3-25-16(7-8-20-25)18(27)22-14-6-4-5-13(9-14)21-17(26)11-24-10-15(19)12(2)23-24/h4-10H,3,11H2,1-2H3,(H,21,26)(H,22,27). The highest BCUT2D eigenvalue weighted by atomic mass is 79.9. The Morgan fingerprint density at radius 2 is 1.93 bits per heavy atom. The first-order valence-corrected chi connectivity index (χ1v) is 9.18. The van der Waals surface area contributed by atoms with Crippen LogP contribution in [0.5, 0.6) is 0 Å². The molecule has 140 valence electrons. The minimum Gasteiger partial charge on any atom is -0.324 e. The summed E-state index contributed by atoms with van der Waals surface area (Å²) < 4.78 is 4.03. The third-order valence-corrected chi connectivity index (χ3v) is 4.62. The molecule has 0 saturated heterocycles. The minimum absolute atomic E-state index is 0.0959. The Bertz CT molecular complexity index is 958. The van der Waals surface area contributed by atoms with E-state index < -0.39 is 0 Å². The molecule has 3 aromatic rings. The zero-order chi connectivity index (χ0) is 19.4. The van der Waals surface area contributed by atoms with E-state index in [2.05, 4.69) is 36.8 Å². The Balaban J connectivity index is 1.64. The highest BCUT2D eigenvalue weighted by molar-refractivity contribution is 9.10. The van der Waals surface area contributed by atoms with Crippen LogP contribution in [0.3, 0.4) is 0 Å². The van der Waals surface area contributed by atoms with Gasteiger partial charge in [-0.2, -0.15) is 10.2 Å². The normalized spacial score (nSPS) is 10.6. The predicted octanol–water partition coefficient (Wildman–Crippen LogP) is 3.06. The molecule has 0 radical (unpaired) electrons. The Labute approximate surface area is 164 Å². The molecule has 2 N–H and O–H groups in total. The molecule has 0 saturated carbocycles. The third kappa shape index (κ3) is 4.62. The fraction of sp³-hybridized carbons (Fsp3) is 0.222. The van der Waals surface area contributed by atoms with Crippen molar-refractivity contribution in [2.75, 3.05) is 10.6 Å². The lowest BCUT2D eigenvalue weighted by Gasteiger charge is -2.09. The number of amides is 2. The quantitative estimate of drug-likeness (QED) is 0.628. The molecule has 0 bridgehead atoms. The SMILES string of the molecule is CCn1nccc1C(=O)Nc1cccc(NC(=O)Cn2cc(Br)c(C)n2)c1. The zero-order valence-corrected chi connectivity index (χ0v) is 16.5. The van der Waals surface area contributed by atoms with E-state index in [0.29, 0.717) is 23.6 Å². The first-order chi connectivity index (χ1) is 13.0. The molecule has 0 aliphatic carbocycles. The zero-order valence-electron chi connectivity index (χ0n) is 14.9. The summed E-state index contributed by atoms with van der Waals surface area (Å²) >= 11 is 3.37. The number of aryl methyl sites for hydroxylation is 2. The number of carbonyl (C=O) groups is 2. The summed E-state index contributed by atoms with van der Waals surface area (Å²) in [5.74, 6) is -0.466. The number of benzene rings is 1. The van der Waals surface area contributed by atoms with Gasteiger partial charge in [0.1, 0.15) is 12.2 Å². The lowest BCUT2D eigenvalue weighted by Crippen LogP contribution is -2.20. The van der Waals surface area contributed by atoms with Crippen LogP contribution in [-0.2, 0) is 17.9 Å². The highest BCUT2D eigenvalue weighted by Crippen LogP contribution is 2.17. The van der Waals surface area contributed by atoms with Crippen molar-refractivity contribution < 1.29 is 9.59 Å². The summed E-state index contributed by atoms with van der Waals surface area (Å²) in [6.45, 7) is 4.47. The van der Waals surface area contributed by atoms with Crippen molar-refractivity contribution in [1.82, 2.24) is 19.6 Å². The number of aromatic nitrogens is 4. The number of rotatable bonds is 6. The van der Waals surface area contributed by atoms with E-state index in [1.54, 1.807) is 52.1 Å². The van der Waals surface area contributed by atoms with Gasteiger partial charge < -0.3 is 10.6 Å². The van der Waals surface area contributed by atoms with Crippen LogP contribution >= 0.6 is 15.9 Å². The fourth-order valence-electron chi connectivity index (χ4n) is 2.57. The first kappa shape index (κ1) is 18.8. The number of halogens is 1. The number of anilines is 2. The van der Waals surface area contributed by atoms with E-state index in [1.165, 1.54) is 0 Å². The average molecular weight is 431 g/mol. The molecule has 2 aromatic heterocycles. The molecule has 8 nitrogen and oxygen atoms in total. The summed E-state index contributed by atoms with van der Waals surface area (Å²) in [6.07, 6.45) is 3.34. The van der Waals surface area contributed by atoms with Crippen LogP contribution in [-0.4, -0.2) is 31.4 Å². The van der Waals surface area contributed by atoms with Gasteiger partial charge in [-0.3, -0.25) is 19.0 Å². The second-order valence-corrected chi connectivity index (χ2v) is 6.73. The lowest BCUT2D eigenvalue weighted by atomic mass is 10.2. The van der Waals surface area contributed by atoms with Crippen molar-refractivity contribution in [3.8, 4) is 0 Å². The molecule has 0 atom stereocenters. The van der Waals surface area contributed by atoms with E-state index in [4.69, 9.17) is 0 Å². The van der Waals surface area contributed by atoms with E-state index >= 15 is 0 Å². The van der Waals surface area contributed by atoms with E-state index in [0.717, 1.165) is 10.2 Å². The van der Waals surface area contributed by atoms with Gasteiger partial charge in [0, 0.05) is 30.3 Å². The second-order valence-electron chi connectivity index (χ2n) is 5.88. The second kappa shape index (κ2) is 8.17. The number of hydrogen-bond acceptors (Lipinski definition) is 4. The van der Waals surface area contributed by atoms with Crippen LogP contribution in [0, 0.1) is 6.92 Å². The minimum atomic E-state index is -0.255. The van der Waals surface area contributed by atoms with Crippen LogP contribution in [0.15, 0.2) is 47.2 Å². The largest absolute Gasteiger partial charge is 0.324 e. The predicted molar refractivity (Wildman–Crippen MR) is 106 cm³/mol. The molecule has 2 heterocycles. The Hall–Kier alpha value is -2.94. The van der Waals surface area contributed by atoms with E-state index in [-0.39, 0.29) is 18.4 Å². The van der Waals surface area contributed by atoms with Crippen molar-refractivity contribution in [3.05, 3.63) is 58.6 Å². The molecule has 0 unspecified atom stereocenters. The van der Waals surface area contributed by atoms with Crippen molar-refractivity contribution in [2.24, 2.45) is 0 Å². The molecule has 1 aromatic carbocycles. The van der Waals surface area contributed by atoms with E-state index in [9.17, 15) is 9.59 Å². The molecule has 27 heavy (non-hydrogen) atoms. The Kier molecular flexibility index (Phi) is 5.70. The topological polar surface area (TPSA) is 93.8 Å². The van der Waals surface area contributed by atoms with Gasteiger partial charge in [-0.15, -0.1) is 0 Å². The summed E-state index contributed by atoms with van der Waals surface area (Å²) in [5, 5.41) is 14.0. The van der Waals surface area contributed by atoms with Gasteiger partial charge in [-0.25, -0.2) is 0 Å². The van der Waals surface area contributed by atoms with Gasteiger partial charge in [0.25, 0.3) is 5.91 Å². The van der Waals surface area contributed by atoms with Crippen molar-refractivity contribution in [1.29, 1.82) is 0 Å². The maximum atomic E-state index is 12.4. The lowest BCUT2D eigenvalue weighted by molar-refractivity contribution is -0.116. The molecular formula is C18H19BrN6O2. The maximum Gasteiger partial charge on any atom is 0.273 e. The first-order valence-electron chi connectivity index (χ1n) is 8.39. The highest BCUT2D eigenvalue weighted by Gasteiger charge is 2.12. The van der Waals surface area contributed by atoms with Crippen LogP contribution in [0.1, 0.15) is 23.1 Å². The maximum absolute atomic E-state index is 12.4. The molecule has 0 fully saturated rings. The summed E-state index contributed by atoms with van der Waals surface area (Å²) in [4.78, 5) is 24.6. The van der Waals surface area contributed by atoms with Gasteiger partial charge in [0.15, 0.2) is 0 Å². The monoisotopic (exact) mass is 430 g/mol. The molecule has 9 heteroatoms. The van der Waals surface area contributed by atoms with Crippen LogP contribution in [0.2, 0.25) is 0 Å². The summed E-state index contributed by atoms with van der Waals surface area (Å²) in [7, 11) is 0. The number of carbonyl (C=O) groups excluding carboxylic acids is 2. The summed E-state index contributed by atoms with van der Waals surface area (Å²) in [5.41, 5.74) is 2.47. The van der Waals surface area contributed by atoms with Crippen molar-refractivity contribution in [2.45, 2.75) is 26.9 Å². The van der Waals surface area contributed by atoms with Gasteiger partial charge in [-0.05, 0) is 54.0 Å². The van der Waals surface area contributed by atoms with Gasteiger partial charge in [0.2, 0.25) is 5.91 Å². The Morgan fingerprint density at radius 1 is 1.19 bits per heavy atom. The van der Waals surface area contributed by atoms with Crippen molar-refractivity contribution >= 4 is 39.1 Å². The molecule has 0 aliphatic heterocycles. The third-order valence-electron chi connectivity index (χ3n) is 3.84. The van der Waals surface area contributed by atoms with E-state index in [1.807, 2.05) is 13.8 Å². The van der Waals surface area contributed by atoms with Crippen LogP contribution < -0.4 is 10.6 Å². The van der Waals surface area contributed by atoms with Crippen LogP contribution in [0.25, 0.3) is 0 Å². The molecule has 0 aliphatic rings. The molecule has 3 rings (SSSR count). The van der Waals surface area contributed by atoms with Gasteiger partial charge in [0.05, 0.1) is 10.2 Å². The summed E-state index contributed by atoms with van der Waals surface area (Å²) in [6, 6.07) is 8.64. The van der Waals surface area contributed by atoms with Gasteiger partial charge in [-0.1, -0.05) is 6.07 Å².